The van der Waals surface area contributed by atoms with Crippen LogP contribution in [0.15, 0.2) is 121 Å². The fraction of sp³-hybridized carbons (Fsp3) is 0.286. The van der Waals surface area contributed by atoms with Gasteiger partial charge >= 0.3 is 0 Å². The van der Waals surface area contributed by atoms with Crippen molar-refractivity contribution in [3.05, 3.63) is 144 Å². The number of carbonyl (C=O) groups excluding carboxylic acids is 1. The van der Waals surface area contributed by atoms with Crippen LogP contribution in [0.1, 0.15) is 28.7 Å². The van der Waals surface area contributed by atoms with Crippen molar-refractivity contribution in [2.45, 2.75) is 56.8 Å². The highest BCUT2D eigenvalue weighted by atomic mass is 16.6. The lowest BCUT2D eigenvalue weighted by Crippen LogP contribution is -2.65. The van der Waals surface area contributed by atoms with E-state index in [4.69, 9.17) is 18.9 Å². The van der Waals surface area contributed by atoms with Crippen LogP contribution >= 0.6 is 0 Å². The van der Waals surface area contributed by atoms with Gasteiger partial charge in [0.15, 0.2) is 5.78 Å². The molecule has 0 bridgehead atoms. The molecule has 6 heteroatoms. The van der Waals surface area contributed by atoms with Gasteiger partial charge in [-0.15, -0.1) is 0 Å². The maximum atomic E-state index is 13.6. The third kappa shape index (κ3) is 7.97. The molecule has 4 aromatic carbocycles. The van der Waals surface area contributed by atoms with E-state index in [1.165, 1.54) is 0 Å². The predicted molar refractivity (Wildman–Crippen MR) is 156 cm³/mol. The van der Waals surface area contributed by atoms with E-state index < -0.39 is 23.9 Å². The monoisotopic (exact) mass is 552 g/mol. The molecule has 5 rings (SSSR count). The Morgan fingerprint density at radius 1 is 0.585 bits per heavy atom. The van der Waals surface area contributed by atoms with E-state index in [9.17, 15) is 9.90 Å². The lowest BCUT2D eigenvalue weighted by Gasteiger charge is -2.46. The smallest absolute Gasteiger partial charge is 0.167 e. The van der Waals surface area contributed by atoms with Crippen molar-refractivity contribution in [2.24, 2.45) is 0 Å². The van der Waals surface area contributed by atoms with Crippen LogP contribution in [0.3, 0.4) is 0 Å². The molecule has 1 aliphatic carbocycles. The quantitative estimate of drug-likeness (QED) is 0.231. The Morgan fingerprint density at radius 2 is 1.00 bits per heavy atom. The molecule has 0 aromatic heterocycles. The number of hydrogen-bond donors (Lipinski definition) is 1. The summed E-state index contributed by atoms with van der Waals surface area (Å²) in [4.78, 5) is 13.6. The van der Waals surface area contributed by atoms with Gasteiger partial charge in [0.1, 0.15) is 23.9 Å². The predicted octanol–water partition coefficient (Wildman–Crippen LogP) is 5.66. The van der Waals surface area contributed by atoms with Gasteiger partial charge in [0.25, 0.3) is 0 Å². The molecule has 0 aliphatic heterocycles. The van der Waals surface area contributed by atoms with E-state index in [2.05, 4.69) is 0 Å². The summed E-state index contributed by atoms with van der Waals surface area (Å²) < 4.78 is 25.1. The van der Waals surface area contributed by atoms with Crippen LogP contribution in [0.5, 0.6) is 0 Å². The van der Waals surface area contributed by atoms with Gasteiger partial charge in [-0.25, -0.2) is 0 Å². The number of ether oxygens (including phenoxy) is 4. The van der Waals surface area contributed by atoms with Crippen LogP contribution in [0, 0.1) is 0 Å². The van der Waals surface area contributed by atoms with Gasteiger partial charge in [-0.1, -0.05) is 121 Å². The highest BCUT2D eigenvalue weighted by molar-refractivity contribution is 5.86. The number of aliphatic hydroxyl groups is 1. The van der Waals surface area contributed by atoms with E-state index in [0.29, 0.717) is 6.61 Å². The Labute approximate surface area is 241 Å². The first-order valence-electron chi connectivity index (χ1n) is 13.9. The minimum absolute atomic E-state index is 0.0936. The van der Waals surface area contributed by atoms with Crippen molar-refractivity contribution in [1.29, 1.82) is 0 Å². The first kappa shape index (κ1) is 28.9. The van der Waals surface area contributed by atoms with Crippen molar-refractivity contribution in [3.63, 3.8) is 0 Å². The van der Waals surface area contributed by atoms with E-state index in [1.54, 1.807) is 0 Å². The highest BCUT2D eigenvalue weighted by Crippen LogP contribution is 2.35. The Balaban J connectivity index is 1.40. The average molecular weight is 553 g/mol. The summed E-state index contributed by atoms with van der Waals surface area (Å²) in [6, 6.07) is 38.9. The maximum Gasteiger partial charge on any atom is 0.167 e. The second-order valence-electron chi connectivity index (χ2n) is 10.4. The molecule has 0 amide bonds. The summed E-state index contributed by atoms with van der Waals surface area (Å²) in [6.07, 6.45) is -2.85. The first-order valence-corrected chi connectivity index (χ1v) is 13.9. The minimum Gasteiger partial charge on any atom is -0.384 e. The number of ketones is 1. The van der Waals surface area contributed by atoms with Gasteiger partial charge in [-0.05, 0) is 22.3 Å². The summed E-state index contributed by atoms with van der Waals surface area (Å²) >= 11 is 0. The number of benzene rings is 4. The maximum absolute atomic E-state index is 13.6. The Morgan fingerprint density at radius 3 is 1.49 bits per heavy atom. The summed E-state index contributed by atoms with van der Waals surface area (Å²) in [5.74, 6) is -0.246. The molecule has 1 unspecified atom stereocenters. The molecule has 212 valence electrons. The number of rotatable bonds is 13. The summed E-state index contributed by atoms with van der Waals surface area (Å²) in [6.45, 7) is 0.903. The van der Waals surface area contributed by atoms with Gasteiger partial charge in [-0.2, -0.15) is 0 Å². The Bertz CT molecular complexity index is 1330. The first-order chi connectivity index (χ1) is 20.1. The van der Waals surface area contributed by atoms with Crippen LogP contribution in [-0.2, 0) is 50.2 Å². The molecule has 0 radical (unpaired) electrons. The van der Waals surface area contributed by atoms with Gasteiger partial charge in [0.2, 0.25) is 0 Å². The van der Waals surface area contributed by atoms with Gasteiger partial charge < -0.3 is 24.1 Å². The standard InChI is InChI=1S/C35H36O6/c36-31-21-35(37,26-38-22-27-13-5-1-6-14-27)34(41-25-30-19-11-4-12-20-30)33(40-24-29-17-9-3-10-18-29)32(31)39-23-28-15-7-2-8-16-28/h1-20,32-34,37H,21-26H2/t32-,33?,34-,35-/m0/s1. The van der Waals surface area contributed by atoms with Crippen molar-refractivity contribution >= 4 is 5.78 Å². The Kier molecular flexibility index (Phi) is 10.1. The fourth-order valence-electron chi connectivity index (χ4n) is 5.10. The van der Waals surface area contributed by atoms with Crippen molar-refractivity contribution in [1.82, 2.24) is 0 Å². The third-order valence-corrected chi connectivity index (χ3v) is 7.22. The number of hydrogen-bond acceptors (Lipinski definition) is 6. The molecule has 0 heterocycles. The lowest BCUT2D eigenvalue weighted by atomic mass is 9.78. The number of carbonyl (C=O) groups is 1. The lowest BCUT2D eigenvalue weighted by molar-refractivity contribution is -0.240. The molecular weight excluding hydrogens is 516 g/mol. The molecule has 4 aromatic rings. The van der Waals surface area contributed by atoms with E-state index >= 15 is 0 Å². The second-order valence-corrected chi connectivity index (χ2v) is 10.4. The minimum atomic E-state index is -1.62. The molecule has 41 heavy (non-hydrogen) atoms. The van der Waals surface area contributed by atoms with E-state index in [1.807, 2.05) is 121 Å². The van der Waals surface area contributed by atoms with Crippen LogP contribution in [0.4, 0.5) is 0 Å². The summed E-state index contributed by atoms with van der Waals surface area (Å²) in [5, 5.41) is 12.0. The topological polar surface area (TPSA) is 74.2 Å². The largest absolute Gasteiger partial charge is 0.384 e. The zero-order chi connectivity index (χ0) is 28.3. The Hall–Kier alpha value is -3.65. The van der Waals surface area contributed by atoms with Gasteiger partial charge in [-0.3, -0.25) is 4.79 Å². The molecule has 1 fully saturated rings. The molecule has 6 nitrogen and oxygen atoms in total. The zero-order valence-corrected chi connectivity index (χ0v) is 23.0. The fourth-order valence-corrected chi connectivity index (χ4v) is 5.10. The average Bonchev–Trinajstić information content (AvgIpc) is 3.01. The third-order valence-electron chi connectivity index (χ3n) is 7.22. The molecular formula is C35H36O6. The molecule has 1 aliphatic rings. The van der Waals surface area contributed by atoms with E-state index in [-0.39, 0.29) is 38.6 Å². The van der Waals surface area contributed by atoms with Gasteiger partial charge in [0, 0.05) is 6.42 Å². The van der Waals surface area contributed by atoms with Crippen molar-refractivity contribution in [3.8, 4) is 0 Å². The molecule has 1 saturated carbocycles. The van der Waals surface area contributed by atoms with Crippen molar-refractivity contribution in [2.75, 3.05) is 6.61 Å². The molecule has 0 spiro atoms. The SMILES string of the molecule is O=C1C[C@](O)(COCc2ccccc2)[C@@H](OCc2ccccc2)C(OCc2ccccc2)[C@H]1OCc1ccccc1. The molecule has 4 atom stereocenters. The summed E-state index contributed by atoms with van der Waals surface area (Å²) in [5.41, 5.74) is 2.18. The second kappa shape index (κ2) is 14.3. The van der Waals surface area contributed by atoms with Crippen LogP contribution < -0.4 is 0 Å². The van der Waals surface area contributed by atoms with Crippen LogP contribution in [-0.4, -0.2) is 41.4 Å². The van der Waals surface area contributed by atoms with Crippen molar-refractivity contribution < 1.29 is 28.8 Å². The normalized spacial score (nSPS) is 22.5. The van der Waals surface area contributed by atoms with Crippen LogP contribution in [0.25, 0.3) is 0 Å². The molecule has 1 N–H and O–H groups in total. The van der Waals surface area contributed by atoms with Crippen LogP contribution in [0.2, 0.25) is 0 Å². The molecule has 0 saturated heterocycles. The zero-order valence-electron chi connectivity index (χ0n) is 23.0. The van der Waals surface area contributed by atoms with E-state index in [0.717, 1.165) is 22.3 Å². The summed E-state index contributed by atoms with van der Waals surface area (Å²) in [7, 11) is 0. The highest BCUT2D eigenvalue weighted by Gasteiger charge is 2.55. The van der Waals surface area contributed by atoms with Gasteiger partial charge in [0.05, 0.1) is 33.0 Å². The number of Topliss-reactive ketones (excluding diaryl/α,β-unsaturated/α-hetero) is 1.